The molecule has 0 amide bonds. The molecule has 8 heteroatoms. The van der Waals surface area contributed by atoms with Crippen molar-refractivity contribution in [2.45, 2.75) is 45.3 Å². The topological polar surface area (TPSA) is 85.0 Å². The molecule has 8 nitrogen and oxygen atoms in total. The third-order valence-electron chi connectivity index (χ3n) is 6.10. The molecule has 0 unspecified atom stereocenters. The third-order valence-corrected chi connectivity index (χ3v) is 6.10. The van der Waals surface area contributed by atoms with Gasteiger partial charge in [0.2, 0.25) is 0 Å². The number of hydrogen-bond donors (Lipinski definition) is 1. The molecule has 4 aromatic heterocycles. The predicted octanol–water partition coefficient (Wildman–Crippen LogP) is 4.30. The number of hydrogen-bond acceptors (Lipinski definition) is 7. The summed E-state index contributed by atoms with van der Waals surface area (Å²) in [5.41, 5.74) is 2.83. The van der Waals surface area contributed by atoms with Crippen LogP contribution in [0.3, 0.4) is 0 Å². The molecule has 1 saturated heterocycles. The number of anilines is 1. The second kappa shape index (κ2) is 9.54. The summed E-state index contributed by atoms with van der Waals surface area (Å²) in [6.07, 6.45) is 9.33. The SMILES string of the molecule is Cc1cnc2cc(OCC(C)(C)O)cc(-c3ccc(N4CCC(Oc5cccnc5)CC4)nc3)n12. The molecule has 0 atom stereocenters. The average molecular weight is 474 g/mol. The van der Waals surface area contributed by atoms with Crippen molar-refractivity contribution in [3.63, 3.8) is 0 Å². The molecule has 1 N–H and O–H groups in total. The number of pyridine rings is 3. The molecular formula is C27H31N5O3. The molecule has 182 valence electrons. The Kier molecular flexibility index (Phi) is 6.30. The van der Waals surface area contributed by atoms with Crippen LogP contribution in [-0.4, -0.2) is 55.9 Å². The van der Waals surface area contributed by atoms with Crippen molar-refractivity contribution in [1.82, 2.24) is 19.4 Å². The van der Waals surface area contributed by atoms with Crippen molar-refractivity contribution in [3.05, 3.63) is 66.9 Å². The van der Waals surface area contributed by atoms with Gasteiger partial charge in [-0.1, -0.05) is 0 Å². The molecule has 1 fully saturated rings. The number of nitrogens with zero attached hydrogens (tertiary/aromatic N) is 5. The highest BCUT2D eigenvalue weighted by molar-refractivity contribution is 5.67. The first-order chi connectivity index (χ1) is 16.9. The standard InChI is InChI=1S/C27H31N5O3/c1-19-15-29-26-14-23(34-18-27(2,3)33)13-24(32(19)26)20-6-7-25(30-16-20)31-11-8-21(9-12-31)35-22-5-4-10-28-17-22/h4-7,10,13-17,21,33H,8-9,11-12,18H2,1-3H3. The number of imidazole rings is 1. The summed E-state index contributed by atoms with van der Waals surface area (Å²) in [6, 6.07) is 11.9. The van der Waals surface area contributed by atoms with E-state index in [0.717, 1.165) is 60.1 Å². The van der Waals surface area contributed by atoms with E-state index in [1.807, 2.05) is 43.6 Å². The van der Waals surface area contributed by atoms with E-state index in [1.54, 1.807) is 26.2 Å². The number of aromatic nitrogens is 4. The van der Waals surface area contributed by atoms with E-state index in [9.17, 15) is 5.11 Å². The van der Waals surface area contributed by atoms with Crippen LogP contribution in [0.4, 0.5) is 5.82 Å². The van der Waals surface area contributed by atoms with Gasteiger partial charge in [-0.25, -0.2) is 9.97 Å². The molecule has 5 rings (SSSR count). The molecule has 0 radical (unpaired) electrons. The van der Waals surface area contributed by atoms with Gasteiger partial charge in [0.15, 0.2) is 0 Å². The van der Waals surface area contributed by atoms with Crippen molar-refractivity contribution in [1.29, 1.82) is 0 Å². The fourth-order valence-corrected chi connectivity index (χ4v) is 4.33. The second-order valence-corrected chi connectivity index (χ2v) is 9.67. The number of ether oxygens (including phenoxy) is 2. The Balaban J connectivity index is 1.31. The third kappa shape index (κ3) is 5.38. The molecule has 0 aliphatic carbocycles. The maximum Gasteiger partial charge on any atom is 0.141 e. The summed E-state index contributed by atoms with van der Waals surface area (Å²) in [5.74, 6) is 2.45. The minimum Gasteiger partial charge on any atom is -0.490 e. The van der Waals surface area contributed by atoms with Crippen LogP contribution in [0.15, 0.2) is 61.2 Å². The van der Waals surface area contributed by atoms with Gasteiger partial charge in [-0.2, -0.15) is 0 Å². The van der Waals surface area contributed by atoms with Gasteiger partial charge in [0.1, 0.15) is 35.7 Å². The van der Waals surface area contributed by atoms with E-state index < -0.39 is 5.60 Å². The van der Waals surface area contributed by atoms with Crippen LogP contribution in [0, 0.1) is 6.92 Å². The van der Waals surface area contributed by atoms with Crippen molar-refractivity contribution >= 4 is 11.5 Å². The number of piperidine rings is 1. The first-order valence-corrected chi connectivity index (χ1v) is 12.0. The Morgan fingerprint density at radius 1 is 1.03 bits per heavy atom. The first-order valence-electron chi connectivity index (χ1n) is 12.0. The van der Waals surface area contributed by atoms with Crippen LogP contribution in [0.2, 0.25) is 0 Å². The van der Waals surface area contributed by atoms with Crippen LogP contribution < -0.4 is 14.4 Å². The molecule has 4 aromatic rings. The van der Waals surface area contributed by atoms with Crippen molar-refractivity contribution in [2.24, 2.45) is 0 Å². The lowest BCUT2D eigenvalue weighted by molar-refractivity contribution is 0.0285. The van der Waals surface area contributed by atoms with Gasteiger partial charge in [0, 0.05) is 67.9 Å². The van der Waals surface area contributed by atoms with Crippen LogP contribution in [0.5, 0.6) is 11.5 Å². The van der Waals surface area contributed by atoms with Gasteiger partial charge in [0.05, 0.1) is 17.5 Å². The average Bonchev–Trinajstić information content (AvgIpc) is 3.24. The quantitative estimate of drug-likeness (QED) is 0.428. The fourth-order valence-electron chi connectivity index (χ4n) is 4.33. The first kappa shape index (κ1) is 23.1. The number of rotatable bonds is 7. The molecule has 0 saturated carbocycles. The van der Waals surface area contributed by atoms with Crippen molar-refractivity contribution in [2.75, 3.05) is 24.6 Å². The number of aryl methyl sites for hydroxylation is 1. The molecule has 0 aromatic carbocycles. The second-order valence-electron chi connectivity index (χ2n) is 9.67. The van der Waals surface area contributed by atoms with Crippen molar-refractivity contribution < 1.29 is 14.6 Å². The Labute approximate surface area is 205 Å². The molecule has 5 heterocycles. The Bertz CT molecular complexity index is 1270. The van der Waals surface area contributed by atoms with Crippen LogP contribution in [-0.2, 0) is 0 Å². The minimum absolute atomic E-state index is 0.193. The lowest BCUT2D eigenvalue weighted by atomic mass is 10.1. The summed E-state index contributed by atoms with van der Waals surface area (Å²) >= 11 is 0. The Morgan fingerprint density at radius 2 is 1.86 bits per heavy atom. The van der Waals surface area contributed by atoms with E-state index in [-0.39, 0.29) is 12.7 Å². The highest BCUT2D eigenvalue weighted by atomic mass is 16.5. The van der Waals surface area contributed by atoms with E-state index in [1.165, 1.54) is 0 Å². The highest BCUT2D eigenvalue weighted by Gasteiger charge is 2.22. The summed E-state index contributed by atoms with van der Waals surface area (Å²) in [7, 11) is 0. The van der Waals surface area contributed by atoms with Crippen LogP contribution in [0.1, 0.15) is 32.4 Å². The Morgan fingerprint density at radius 3 is 2.54 bits per heavy atom. The van der Waals surface area contributed by atoms with Gasteiger partial charge in [-0.3, -0.25) is 9.38 Å². The van der Waals surface area contributed by atoms with E-state index in [0.29, 0.717) is 5.75 Å². The number of aliphatic hydroxyl groups is 1. The van der Waals surface area contributed by atoms with Crippen LogP contribution in [0.25, 0.3) is 16.9 Å². The van der Waals surface area contributed by atoms with Gasteiger partial charge in [-0.15, -0.1) is 0 Å². The molecule has 1 aliphatic rings. The fraction of sp³-hybridized carbons (Fsp3) is 0.370. The van der Waals surface area contributed by atoms with E-state index in [2.05, 4.69) is 31.4 Å². The molecule has 35 heavy (non-hydrogen) atoms. The predicted molar refractivity (Wildman–Crippen MR) is 135 cm³/mol. The zero-order valence-corrected chi connectivity index (χ0v) is 20.4. The molecular weight excluding hydrogens is 442 g/mol. The van der Waals surface area contributed by atoms with Gasteiger partial charge < -0.3 is 19.5 Å². The monoisotopic (exact) mass is 473 g/mol. The van der Waals surface area contributed by atoms with Gasteiger partial charge in [-0.05, 0) is 45.0 Å². The zero-order chi connectivity index (χ0) is 24.4. The van der Waals surface area contributed by atoms with Crippen molar-refractivity contribution in [3.8, 4) is 22.8 Å². The van der Waals surface area contributed by atoms with Crippen LogP contribution >= 0.6 is 0 Å². The lowest BCUT2D eigenvalue weighted by Crippen LogP contribution is -2.38. The maximum absolute atomic E-state index is 10.1. The van der Waals surface area contributed by atoms with E-state index >= 15 is 0 Å². The maximum atomic E-state index is 10.1. The van der Waals surface area contributed by atoms with Gasteiger partial charge >= 0.3 is 0 Å². The summed E-state index contributed by atoms with van der Waals surface area (Å²) in [6.45, 7) is 7.45. The molecule has 0 spiro atoms. The van der Waals surface area contributed by atoms with Gasteiger partial charge in [0.25, 0.3) is 0 Å². The molecule has 0 bridgehead atoms. The summed E-state index contributed by atoms with van der Waals surface area (Å²) in [4.78, 5) is 15.7. The lowest BCUT2D eigenvalue weighted by Gasteiger charge is -2.33. The zero-order valence-electron chi connectivity index (χ0n) is 20.4. The summed E-state index contributed by atoms with van der Waals surface area (Å²) < 4.78 is 14.0. The largest absolute Gasteiger partial charge is 0.490 e. The summed E-state index contributed by atoms with van der Waals surface area (Å²) in [5, 5.41) is 10.1. The van der Waals surface area contributed by atoms with E-state index in [4.69, 9.17) is 14.5 Å². The number of fused-ring (bicyclic) bond motifs is 1. The normalized spacial score (nSPS) is 14.9. The highest BCUT2D eigenvalue weighted by Crippen LogP contribution is 2.29. The Hall–Kier alpha value is -3.65. The molecule has 1 aliphatic heterocycles. The smallest absolute Gasteiger partial charge is 0.141 e. The minimum atomic E-state index is -0.919.